The zero-order valence-electron chi connectivity index (χ0n) is 20.3. The summed E-state index contributed by atoms with van der Waals surface area (Å²) in [6.07, 6.45) is 0. The Balaban J connectivity index is 1.50. The van der Waals surface area contributed by atoms with Crippen LogP contribution in [0, 0.1) is 5.82 Å². The smallest absolute Gasteiger partial charge is 0.254 e. The van der Waals surface area contributed by atoms with Crippen molar-refractivity contribution in [2.24, 2.45) is 0 Å². The van der Waals surface area contributed by atoms with Gasteiger partial charge in [0.15, 0.2) is 0 Å². The summed E-state index contributed by atoms with van der Waals surface area (Å²) in [4.78, 5) is 33.7. The van der Waals surface area contributed by atoms with Crippen LogP contribution in [0.2, 0.25) is 0 Å². The van der Waals surface area contributed by atoms with Crippen LogP contribution in [0.5, 0.6) is 0 Å². The molecular formula is C29H30FN3O3. The molecule has 2 amide bonds. The van der Waals surface area contributed by atoms with Crippen LogP contribution < -0.4 is 4.90 Å². The molecular weight excluding hydrogens is 457 g/mol. The van der Waals surface area contributed by atoms with Gasteiger partial charge in [-0.15, -0.1) is 0 Å². The first-order valence-electron chi connectivity index (χ1n) is 12.3. The quantitative estimate of drug-likeness (QED) is 0.525. The van der Waals surface area contributed by atoms with Gasteiger partial charge in [0.05, 0.1) is 18.6 Å². The average molecular weight is 488 g/mol. The van der Waals surface area contributed by atoms with E-state index >= 15 is 0 Å². The molecule has 2 aliphatic heterocycles. The summed E-state index contributed by atoms with van der Waals surface area (Å²) in [5, 5.41) is 0. The molecule has 3 aromatic carbocycles. The molecule has 186 valence electrons. The van der Waals surface area contributed by atoms with Crippen molar-refractivity contribution in [2.75, 3.05) is 51.3 Å². The first kappa shape index (κ1) is 24.0. The number of methoxy groups -OCH3 is 1. The maximum Gasteiger partial charge on any atom is 0.254 e. The Morgan fingerprint density at radius 3 is 2.28 bits per heavy atom. The Morgan fingerprint density at radius 1 is 0.917 bits per heavy atom. The van der Waals surface area contributed by atoms with Gasteiger partial charge >= 0.3 is 0 Å². The topological polar surface area (TPSA) is 53.1 Å². The largest absolute Gasteiger partial charge is 0.383 e. The Morgan fingerprint density at radius 2 is 1.58 bits per heavy atom. The number of amides is 2. The van der Waals surface area contributed by atoms with Gasteiger partial charge < -0.3 is 19.4 Å². The van der Waals surface area contributed by atoms with Crippen LogP contribution in [-0.2, 0) is 9.53 Å². The highest BCUT2D eigenvalue weighted by Gasteiger charge is 2.45. The van der Waals surface area contributed by atoms with E-state index in [1.165, 1.54) is 12.1 Å². The fourth-order valence-corrected chi connectivity index (χ4v) is 5.35. The normalized spacial score (nSPS) is 19.8. The Kier molecular flexibility index (Phi) is 7.00. The molecule has 7 heteroatoms. The molecule has 0 spiro atoms. The highest BCUT2D eigenvalue weighted by atomic mass is 19.1. The third kappa shape index (κ3) is 4.58. The number of para-hydroxylation sites is 1. The monoisotopic (exact) mass is 487 g/mol. The number of piperazine rings is 1. The van der Waals surface area contributed by atoms with Crippen LogP contribution in [0.4, 0.5) is 10.1 Å². The molecule has 0 aromatic heterocycles. The fourth-order valence-electron chi connectivity index (χ4n) is 5.35. The SMILES string of the molecule is COCCN1C(=O)c2ccccc2[C@@H](C(=O)N2CCN(c3ccccc3)CC2)[C@@H]1c1ccc(F)cc1. The molecule has 3 aromatic rings. The van der Waals surface area contributed by atoms with Gasteiger partial charge in [0.25, 0.3) is 5.91 Å². The molecule has 36 heavy (non-hydrogen) atoms. The summed E-state index contributed by atoms with van der Waals surface area (Å²) in [6.45, 7) is 3.32. The third-order valence-corrected chi connectivity index (χ3v) is 7.17. The van der Waals surface area contributed by atoms with Crippen molar-refractivity contribution in [1.82, 2.24) is 9.80 Å². The molecule has 0 N–H and O–H groups in total. The van der Waals surface area contributed by atoms with E-state index in [4.69, 9.17) is 4.74 Å². The molecule has 5 rings (SSSR count). The Labute approximate surface area is 210 Å². The molecule has 2 atom stereocenters. The summed E-state index contributed by atoms with van der Waals surface area (Å²) in [7, 11) is 1.59. The lowest BCUT2D eigenvalue weighted by atomic mass is 9.78. The minimum absolute atomic E-state index is 0.0144. The number of nitrogens with zero attached hydrogens (tertiary/aromatic N) is 3. The number of anilines is 1. The van der Waals surface area contributed by atoms with Gasteiger partial charge in [-0.05, 0) is 41.5 Å². The van der Waals surface area contributed by atoms with Crippen LogP contribution >= 0.6 is 0 Å². The second kappa shape index (κ2) is 10.5. The van der Waals surface area contributed by atoms with Gasteiger partial charge in [0, 0.05) is 51.1 Å². The van der Waals surface area contributed by atoms with Crippen molar-refractivity contribution in [3.63, 3.8) is 0 Å². The molecule has 1 fully saturated rings. The fraction of sp³-hybridized carbons (Fsp3) is 0.310. The number of ether oxygens (including phenoxy) is 1. The standard InChI is InChI=1S/C29H30FN3O3/c1-36-20-19-33-27(21-11-13-22(30)14-12-21)26(24-9-5-6-10-25(24)28(33)34)29(35)32-17-15-31(16-18-32)23-7-3-2-4-8-23/h2-14,26-27H,15-20H2,1H3/t26-,27+/m1/s1. The van der Waals surface area contributed by atoms with Crippen LogP contribution in [-0.4, -0.2) is 68.1 Å². The number of benzene rings is 3. The van der Waals surface area contributed by atoms with Crippen molar-refractivity contribution < 1.29 is 18.7 Å². The summed E-state index contributed by atoms with van der Waals surface area (Å²) in [6, 6.07) is 23.1. The zero-order chi connectivity index (χ0) is 25.1. The van der Waals surface area contributed by atoms with E-state index in [-0.39, 0.29) is 17.6 Å². The lowest BCUT2D eigenvalue weighted by Crippen LogP contribution is -2.53. The number of halogens is 1. The molecule has 2 aliphatic rings. The number of carbonyl (C=O) groups excluding carboxylic acids is 2. The zero-order valence-corrected chi connectivity index (χ0v) is 20.3. The lowest BCUT2D eigenvalue weighted by Gasteiger charge is -2.44. The minimum Gasteiger partial charge on any atom is -0.383 e. The molecule has 0 aliphatic carbocycles. The van der Waals surface area contributed by atoms with E-state index in [2.05, 4.69) is 17.0 Å². The van der Waals surface area contributed by atoms with Crippen molar-refractivity contribution in [3.05, 3.63) is 101 Å². The lowest BCUT2D eigenvalue weighted by molar-refractivity contribution is -0.135. The van der Waals surface area contributed by atoms with Gasteiger partial charge in [0.1, 0.15) is 5.82 Å². The van der Waals surface area contributed by atoms with Gasteiger partial charge in [-0.3, -0.25) is 9.59 Å². The summed E-state index contributed by atoms with van der Waals surface area (Å²) < 4.78 is 19.1. The number of carbonyl (C=O) groups is 2. The number of hydrogen-bond acceptors (Lipinski definition) is 4. The highest BCUT2D eigenvalue weighted by molar-refractivity contribution is 6.01. The maximum absolute atomic E-state index is 14.2. The van der Waals surface area contributed by atoms with Gasteiger partial charge in [-0.25, -0.2) is 4.39 Å². The molecule has 0 radical (unpaired) electrons. The number of fused-ring (bicyclic) bond motifs is 1. The van der Waals surface area contributed by atoms with E-state index in [9.17, 15) is 14.0 Å². The predicted octanol–water partition coefficient (Wildman–Crippen LogP) is 4.10. The summed E-state index contributed by atoms with van der Waals surface area (Å²) in [5.41, 5.74) is 3.14. The minimum atomic E-state index is -0.593. The van der Waals surface area contributed by atoms with Gasteiger partial charge in [-0.1, -0.05) is 48.5 Å². The second-order valence-corrected chi connectivity index (χ2v) is 9.20. The Bertz CT molecular complexity index is 1210. The van der Waals surface area contributed by atoms with Crippen LogP contribution in [0.15, 0.2) is 78.9 Å². The molecule has 0 bridgehead atoms. The second-order valence-electron chi connectivity index (χ2n) is 9.20. The van der Waals surface area contributed by atoms with E-state index in [1.54, 1.807) is 30.2 Å². The van der Waals surface area contributed by atoms with Crippen LogP contribution in [0.25, 0.3) is 0 Å². The first-order chi connectivity index (χ1) is 17.6. The van der Waals surface area contributed by atoms with Gasteiger partial charge in [0.2, 0.25) is 5.91 Å². The molecule has 1 saturated heterocycles. The predicted molar refractivity (Wildman–Crippen MR) is 136 cm³/mol. The summed E-state index contributed by atoms with van der Waals surface area (Å²) in [5.74, 6) is -1.11. The number of rotatable bonds is 6. The first-order valence-corrected chi connectivity index (χ1v) is 12.3. The third-order valence-electron chi connectivity index (χ3n) is 7.17. The van der Waals surface area contributed by atoms with Gasteiger partial charge in [-0.2, -0.15) is 0 Å². The van der Waals surface area contributed by atoms with Crippen molar-refractivity contribution >= 4 is 17.5 Å². The molecule has 0 unspecified atom stereocenters. The van der Waals surface area contributed by atoms with Crippen LogP contribution in [0.1, 0.15) is 33.4 Å². The number of hydrogen-bond donors (Lipinski definition) is 0. The summed E-state index contributed by atoms with van der Waals surface area (Å²) >= 11 is 0. The van der Waals surface area contributed by atoms with Crippen molar-refractivity contribution in [3.8, 4) is 0 Å². The van der Waals surface area contributed by atoms with E-state index in [0.29, 0.717) is 31.8 Å². The van der Waals surface area contributed by atoms with E-state index in [0.717, 1.165) is 29.9 Å². The van der Waals surface area contributed by atoms with Crippen molar-refractivity contribution in [2.45, 2.75) is 12.0 Å². The average Bonchev–Trinajstić information content (AvgIpc) is 2.93. The molecule has 6 nitrogen and oxygen atoms in total. The van der Waals surface area contributed by atoms with Crippen molar-refractivity contribution in [1.29, 1.82) is 0 Å². The van der Waals surface area contributed by atoms with E-state index in [1.807, 2.05) is 41.3 Å². The molecule has 2 heterocycles. The Hall–Kier alpha value is -3.71. The maximum atomic E-state index is 14.2. The molecule has 0 saturated carbocycles. The van der Waals surface area contributed by atoms with Crippen LogP contribution in [0.3, 0.4) is 0 Å². The highest BCUT2D eigenvalue weighted by Crippen LogP contribution is 2.43. The van der Waals surface area contributed by atoms with E-state index < -0.39 is 12.0 Å².